The summed E-state index contributed by atoms with van der Waals surface area (Å²) in [5, 5.41) is 21.9. The van der Waals surface area contributed by atoms with Crippen molar-refractivity contribution in [3.63, 3.8) is 0 Å². The molecule has 2 bridgehead atoms. The zero-order valence-corrected chi connectivity index (χ0v) is 12.6. The molecule has 1 spiro atoms. The molecule has 2 aliphatic carbocycles. The van der Waals surface area contributed by atoms with Crippen LogP contribution in [0.2, 0.25) is 0 Å². The molecule has 1 saturated carbocycles. The molecule has 0 amide bonds. The van der Waals surface area contributed by atoms with E-state index in [9.17, 15) is 15.0 Å². The molecule has 1 aromatic carbocycles. The second-order valence-corrected chi connectivity index (χ2v) is 7.41. The monoisotopic (exact) mass is 302 g/mol. The van der Waals surface area contributed by atoms with Gasteiger partial charge in [0.25, 0.3) is 0 Å². The number of ether oxygens (including phenoxy) is 1. The summed E-state index contributed by atoms with van der Waals surface area (Å²) in [5.41, 5.74) is 0.462. The van der Waals surface area contributed by atoms with Gasteiger partial charge in [-0.15, -0.1) is 0 Å². The van der Waals surface area contributed by atoms with Gasteiger partial charge in [0.2, 0.25) is 0 Å². The molecule has 22 heavy (non-hydrogen) atoms. The van der Waals surface area contributed by atoms with Crippen molar-refractivity contribution in [3.8, 4) is 11.5 Å². The average Bonchev–Trinajstić information content (AvgIpc) is 2.85. The number of nitrogens with one attached hydrogen (secondary N) is 1. The van der Waals surface area contributed by atoms with E-state index >= 15 is 0 Å². The van der Waals surface area contributed by atoms with Gasteiger partial charge < -0.3 is 19.8 Å². The molecule has 5 atom stereocenters. The molecular formula is C17H20NO4+. The first-order chi connectivity index (χ1) is 10.5. The third-order valence-electron chi connectivity index (χ3n) is 6.68. The minimum atomic E-state index is -0.917. The number of hydrogen-bond acceptors (Lipinski definition) is 4. The Morgan fingerprint density at radius 1 is 1.36 bits per heavy atom. The minimum Gasteiger partial charge on any atom is -0.504 e. The van der Waals surface area contributed by atoms with Crippen LogP contribution in [-0.4, -0.2) is 47.3 Å². The lowest BCUT2D eigenvalue weighted by atomic mass is 9.49. The van der Waals surface area contributed by atoms with Gasteiger partial charge in [0, 0.05) is 24.8 Å². The number of aliphatic hydroxyl groups is 1. The number of likely N-dealkylation sites (tertiary alicyclic amines) is 1. The van der Waals surface area contributed by atoms with E-state index < -0.39 is 17.1 Å². The van der Waals surface area contributed by atoms with Crippen LogP contribution in [0.25, 0.3) is 0 Å². The van der Waals surface area contributed by atoms with E-state index in [-0.39, 0.29) is 17.6 Å². The molecule has 0 radical (unpaired) electrons. The van der Waals surface area contributed by atoms with Gasteiger partial charge in [0.05, 0.1) is 19.0 Å². The minimum absolute atomic E-state index is 0.0615. The summed E-state index contributed by atoms with van der Waals surface area (Å²) in [4.78, 5) is 13.9. The summed E-state index contributed by atoms with van der Waals surface area (Å²) in [5.74, 6) is 0.586. The average molecular weight is 302 g/mol. The fourth-order valence-electron chi connectivity index (χ4n) is 5.69. The van der Waals surface area contributed by atoms with Crippen LogP contribution >= 0.6 is 0 Å². The van der Waals surface area contributed by atoms with Crippen LogP contribution in [0.5, 0.6) is 11.5 Å². The fraction of sp³-hybridized carbons (Fsp3) is 0.588. The molecule has 1 unspecified atom stereocenters. The molecule has 2 heterocycles. The van der Waals surface area contributed by atoms with E-state index in [1.165, 1.54) is 4.90 Å². The number of phenols is 1. The Morgan fingerprint density at radius 3 is 3.00 bits per heavy atom. The molecular weight excluding hydrogens is 282 g/mol. The number of benzene rings is 1. The Hall–Kier alpha value is -1.59. The lowest BCUT2D eigenvalue weighted by Gasteiger charge is -2.59. The third kappa shape index (κ3) is 1.13. The maximum absolute atomic E-state index is 12.5. The van der Waals surface area contributed by atoms with Crippen LogP contribution in [0.3, 0.4) is 0 Å². The van der Waals surface area contributed by atoms with Gasteiger partial charge in [-0.05, 0) is 18.1 Å². The number of phenolic OH excluding ortho intramolecular Hbond substituents is 1. The summed E-state index contributed by atoms with van der Waals surface area (Å²) < 4.78 is 5.95. The van der Waals surface area contributed by atoms with Crippen LogP contribution in [0, 0.1) is 0 Å². The number of ketones is 1. The van der Waals surface area contributed by atoms with Crippen molar-refractivity contribution < 1.29 is 24.6 Å². The van der Waals surface area contributed by atoms with E-state index in [4.69, 9.17) is 4.74 Å². The van der Waals surface area contributed by atoms with Crippen molar-refractivity contribution in [1.29, 1.82) is 0 Å². The molecule has 3 N–H and O–H groups in total. The van der Waals surface area contributed by atoms with Crippen molar-refractivity contribution in [2.75, 3.05) is 13.6 Å². The van der Waals surface area contributed by atoms with Gasteiger partial charge in [-0.2, -0.15) is 0 Å². The summed E-state index contributed by atoms with van der Waals surface area (Å²) >= 11 is 0. The van der Waals surface area contributed by atoms with Gasteiger partial charge in [0.15, 0.2) is 23.4 Å². The Labute approximate surface area is 128 Å². The van der Waals surface area contributed by atoms with E-state index in [1.807, 2.05) is 6.07 Å². The lowest BCUT2D eigenvalue weighted by Crippen LogP contribution is -3.19. The van der Waals surface area contributed by atoms with Crippen molar-refractivity contribution in [2.45, 2.75) is 48.8 Å². The van der Waals surface area contributed by atoms with E-state index in [2.05, 4.69) is 7.05 Å². The number of rotatable bonds is 0. The Balaban J connectivity index is 1.88. The normalized spacial score (nSPS) is 44.5. The number of hydrogen-bond donors (Lipinski definition) is 3. The van der Waals surface area contributed by atoms with Crippen molar-refractivity contribution in [3.05, 3.63) is 23.3 Å². The van der Waals surface area contributed by atoms with E-state index in [1.54, 1.807) is 6.07 Å². The molecule has 116 valence electrons. The Bertz CT molecular complexity index is 717. The second kappa shape index (κ2) is 3.66. The molecule has 2 aliphatic heterocycles. The summed E-state index contributed by atoms with van der Waals surface area (Å²) in [6.07, 6.45) is 1.73. The van der Waals surface area contributed by atoms with Crippen LogP contribution in [0.1, 0.15) is 30.4 Å². The van der Waals surface area contributed by atoms with Crippen LogP contribution in [0.15, 0.2) is 12.1 Å². The van der Waals surface area contributed by atoms with Crippen molar-refractivity contribution in [2.24, 2.45) is 0 Å². The topological polar surface area (TPSA) is 71.2 Å². The molecule has 5 heteroatoms. The predicted molar refractivity (Wildman–Crippen MR) is 77.3 cm³/mol. The number of Topliss-reactive ketones (excluding diaryl/α,β-unsaturated/α-hetero) is 1. The smallest absolute Gasteiger partial charge is 0.174 e. The molecule has 5 nitrogen and oxygen atoms in total. The Kier molecular flexibility index (Phi) is 2.15. The largest absolute Gasteiger partial charge is 0.504 e. The molecule has 2 fully saturated rings. The van der Waals surface area contributed by atoms with Crippen molar-refractivity contribution in [1.82, 2.24) is 0 Å². The van der Waals surface area contributed by atoms with E-state index in [0.29, 0.717) is 18.6 Å². The maximum Gasteiger partial charge on any atom is 0.174 e. The van der Waals surface area contributed by atoms with Gasteiger partial charge in [0.1, 0.15) is 11.6 Å². The zero-order valence-electron chi connectivity index (χ0n) is 12.6. The summed E-state index contributed by atoms with van der Waals surface area (Å²) in [6.45, 7) is 0.911. The SMILES string of the molecule is C[NH+]1CC[C@]23c4c5ccc(O)c4O[C@H]2C(=O)CC[C@@]3(O)[C@H]1C5. The van der Waals surface area contributed by atoms with Crippen LogP contribution in [-0.2, 0) is 16.6 Å². The Morgan fingerprint density at radius 2 is 2.18 bits per heavy atom. The summed E-state index contributed by atoms with van der Waals surface area (Å²) in [7, 11) is 2.13. The molecule has 5 rings (SSSR count). The number of quaternary nitrogens is 1. The van der Waals surface area contributed by atoms with Crippen LogP contribution < -0.4 is 9.64 Å². The molecule has 0 aromatic heterocycles. The summed E-state index contributed by atoms with van der Waals surface area (Å²) in [6, 6.07) is 3.68. The number of likely N-dealkylation sites (N-methyl/N-ethyl adjacent to an activating group) is 1. The quantitative estimate of drug-likeness (QED) is 0.594. The number of carbonyl (C=O) groups is 1. The number of piperidine rings is 1. The lowest BCUT2D eigenvalue weighted by molar-refractivity contribution is -0.923. The highest BCUT2D eigenvalue weighted by molar-refractivity contribution is 5.89. The third-order valence-corrected chi connectivity index (χ3v) is 6.68. The van der Waals surface area contributed by atoms with Gasteiger partial charge in [-0.1, -0.05) is 6.07 Å². The van der Waals surface area contributed by atoms with E-state index in [0.717, 1.165) is 30.5 Å². The highest BCUT2D eigenvalue weighted by Crippen LogP contribution is 2.62. The fourth-order valence-corrected chi connectivity index (χ4v) is 5.69. The van der Waals surface area contributed by atoms with Crippen molar-refractivity contribution >= 4 is 5.78 Å². The standard InChI is InChI=1S/C17H19NO4/c1-18-7-6-16-13-9-2-3-10(19)14(13)22-15(16)11(20)4-5-17(16,21)12(18)8-9/h2-3,12,15,19,21H,4-8H2,1H3/p+1/t12-,15+,16+,17-/m1/s1. The maximum atomic E-state index is 12.5. The molecule has 1 aromatic rings. The first kappa shape index (κ1) is 12.9. The first-order valence-electron chi connectivity index (χ1n) is 8.08. The first-order valence-corrected chi connectivity index (χ1v) is 8.08. The highest BCUT2D eigenvalue weighted by Gasteiger charge is 2.74. The van der Waals surface area contributed by atoms with Gasteiger partial charge in [-0.3, -0.25) is 4.79 Å². The highest BCUT2D eigenvalue weighted by atomic mass is 16.5. The number of carbonyl (C=O) groups excluding carboxylic acids is 1. The molecule has 1 saturated heterocycles. The van der Waals surface area contributed by atoms with Crippen LogP contribution in [0.4, 0.5) is 0 Å². The van der Waals surface area contributed by atoms with Gasteiger partial charge >= 0.3 is 0 Å². The predicted octanol–water partition coefficient (Wildman–Crippen LogP) is -0.672. The van der Waals surface area contributed by atoms with Gasteiger partial charge in [-0.25, -0.2) is 0 Å². The number of aromatic hydroxyl groups is 1. The zero-order chi connectivity index (χ0) is 15.3. The second-order valence-electron chi connectivity index (χ2n) is 7.41. The molecule has 4 aliphatic rings.